The third-order valence-corrected chi connectivity index (χ3v) is 5.94. The van der Waals surface area contributed by atoms with Gasteiger partial charge in [-0.2, -0.15) is 0 Å². The molecule has 9 nitrogen and oxygen atoms in total. The molecule has 31 heavy (non-hydrogen) atoms. The van der Waals surface area contributed by atoms with Crippen molar-refractivity contribution in [2.75, 3.05) is 23.4 Å². The SMILES string of the molecule is CCOC(=O)c1cccc(NC(=O)[C@H]2[C@@H]3C=C[C@@]4(CN(c5cc(C)on5)C(=O)[C@H]24)O3)c1. The molecule has 1 N–H and O–H groups in total. The van der Waals surface area contributed by atoms with Crippen molar-refractivity contribution in [1.29, 1.82) is 0 Å². The van der Waals surface area contributed by atoms with E-state index < -0.39 is 29.5 Å². The van der Waals surface area contributed by atoms with Gasteiger partial charge in [-0.15, -0.1) is 0 Å². The van der Waals surface area contributed by atoms with Gasteiger partial charge in [-0.25, -0.2) is 4.79 Å². The van der Waals surface area contributed by atoms with Gasteiger partial charge in [0.15, 0.2) is 5.82 Å². The minimum Gasteiger partial charge on any atom is -0.462 e. The minimum absolute atomic E-state index is 0.222. The number of aryl methyl sites for hydroxylation is 1. The van der Waals surface area contributed by atoms with Gasteiger partial charge in [-0.1, -0.05) is 23.4 Å². The first kappa shape index (κ1) is 19.5. The van der Waals surface area contributed by atoms with Gasteiger partial charge in [0.05, 0.1) is 36.7 Å². The van der Waals surface area contributed by atoms with E-state index in [0.717, 1.165) is 0 Å². The Balaban J connectivity index is 1.38. The van der Waals surface area contributed by atoms with E-state index in [2.05, 4.69) is 10.5 Å². The van der Waals surface area contributed by atoms with Crippen molar-refractivity contribution in [3.05, 3.63) is 53.8 Å². The number of anilines is 2. The van der Waals surface area contributed by atoms with Gasteiger partial charge < -0.3 is 19.3 Å². The third-order valence-electron chi connectivity index (χ3n) is 5.94. The Hall–Kier alpha value is -3.46. The monoisotopic (exact) mass is 423 g/mol. The lowest BCUT2D eigenvalue weighted by molar-refractivity contribution is -0.128. The van der Waals surface area contributed by atoms with Crippen molar-refractivity contribution < 1.29 is 28.4 Å². The van der Waals surface area contributed by atoms with Gasteiger partial charge in [0.25, 0.3) is 0 Å². The number of hydrogen-bond donors (Lipinski definition) is 1. The van der Waals surface area contributed by atoms with Crippen molar-refractivity contribution in [3.8, 4) is 0 Å². The second-order valence-electron chi connectivity index (χ2n) is 7.91. The molecule has 0 radical (unpaired) electrons. The highest BCUT2D eigenvalue weighted by molar-refractivity contribution is 6.05. The summed E-state index contributed by atoms with van der Waals surface area (Å²) < 4.78 is 16.2. The number of nitrogens with one attached hydrogen (secondary N) is 1. The van der Waals surface area contributed by atoms with Crippen molar-refractivity contribution in [2.45, 2.75) is 25.6 Å². The Kier molecular flexibility index (Phi) is 4.44. The summed E-state index contributed by atoms with van der Waals surface area (Å²) in [5.41, 5.74) is -0.0702. The fraction of sp³-hybridized carbons (Fsp3) is 0.364. The molecule has 2 bridgehead atoms. The molecule has 2 amide bonds. The molecule has 0 unspecified atom stereocenters. The van der Waals surface area contributed by atoms with Gasteiger partial charge in [-0.05, 0) is 32.0 Å². The maximum Gasteiger partial charge on any atom is 0.338 e. The molecule has 1 aromatic carbocycles. The topological polar surface area (TPSA) is 111 Å². The maximum atomic E-state index is 13.3. The lowest BCUT2D eigenvalue weighted by Crippen LogP contribution is -2.41. The van der Waals surface area contributed by atoms with Crippen LogP contribution in [0.1, 0.15) is 23.0 Å². The molecule has 3 aliphatic rings. The number of ether oxygens (including phenoxy) is 2. The van der Waals surface area contributed by atoms with Crippen LogP contribution in [0.4, 0.5) is 11.5 Å². The Morgan fingerprint density at radius 2 is 2.19 bits per heavy atom. The van der Waals surface area contributed by atoms with Gasteiger partial charge in [-0.3, -0.25) is 14.5 Å². The summed E-state index contributed by atoms with van der Waals surface area (Å²) in [4.78, 5) is 39.9. The smallest absolute Gasteiger partial charge is 0.338 e. The number of carbonyl (C=O) groups is 3. The molecular formula is C22H21N3O6. The van der Waals surface area contributed by atoms with Crippen molar-refractivity contribution >= 4 is 29.3 Å². The molecule has 4 atom stereocenters. The van der Waals surface area contributed by atoms with Crippen LogP contribution < -0.4 is 10.2 Å². The number of carbonyl (C=O) groups excluding carboxylic acids is 3. The van der Waals surface area contributed by atoms with Crippen LogP contribution in [0.5, 0.6) is 0 Å². The highest BCUT2D eigenvalue weighted by Crippen LogP contribution is 2.52. The Labute approximate surface area is 178 Å². The first-order valence-electron chi connectivity index (χ1n) is 10.1. The average molecular weight is 423 g/mol. The van der Waals surface area contributed by atoms with Gasteiger partial charge in [0.1, 0.15) is 11.4 Å². The Bertz CT molecular complexity index is 1110. The number of benzene rings is 1. The third kappa shape index (κ3) is 3.04. The molecule has 160 valence electrons. The van der Waals surface area contributed by atoms with Crippen LogP contribution in [-0.2, 0) is 19.1 Å². The first-order valence-corrected chi connectivity index (χ1v) is 10.1. The summed E-state index contributed by atoms with van der Waals surface area (Å²) in [5, 5.41) is 6.77. The normalized spacial score (nSPS) is 28.1. The number of fused-ring (bicyclic) bond motifs is 1. The zero-order valence-corrected chi connectivity index (χ0v) is 17.0. The van der Waals surface area contributed by atoms with Crippen LogP contribution in [0.3, 0.4) is 0 Å². The van der Waals surface area contributed by atoms with Crippen LogP contribution >= 0.6 is 0 Å². The number of hydrogen-bond acceptors (Lipinski definition) is 7. The zero-order chi connectivity index (χ0) is 21.8. The number of esters is 1. The molecule has 0 saturated carbocycles. The molecule has 2 fully saturated rings. The lowest BCUT2D eigenvalue weighted by atomic mass is 9.76. The summed E-state index contributed by atoms with van der Waals surface area (Å²) in [6.45, 7) is 4.01. The highest BCUT2D eigenvalue weighted by Gasteiger charge is 2.67. The van der Waals surface area contributed by atoms with Crippen LogP contribution in [0.15, 0.2) is 47.0 Å². The predicted molar refractivity (Wildman–Crippen MR) is 108 cm³/mol. The van der Waals surface area contributed by atoms with Gasteiger partial charge >= 0.3 is 5.97 Å². The molecule has 5 rings (SSSR count). The molecule has 2 saturated heterocycles. The average Bonchev–Trinajstić information content (AvgIpc) is 3.49. The Morgan fingerprint density at radius 3 is 2.94 bits per heavy atom. The molecule has 1 spiro atoms. The van der Waals surface area contributed by atoms with Crippen LogP contribution in [0, 0.1) is 18.8 Å². The van der Waals surface area contributed by atoms with Crippen LogP contribution in [0.2, 0.25) is 0 Å². The van der Waals surface area contributed by atoms with Gasteiger partial charge in [0.2, 0.25) is 11.8 Å². The van der Waals surface area contributed by atoms with E-state index >= 15 is 0 Å². The molecule has 2 aromatic rings. The number of aromatic nitrogens is 1. The van der Waals surface area contributed by atoms with E-state index in [4.69, 9.17) is 14.0 Å². The van der Waals surface area contributed by atoms with E-state index in [9.17, 15) is 14.4 Å². The second kappa shape index (κ2) is 7.05. The van der Waals surface area contributed by atoms with E-state index in [1.165, 1.54) is 4.90 Å². The zero-order valence-electron chi connectivity index (χ0n) is 17.0. The van der Waals surface area contributed by atoms with Crippen molar-refractivity contribution in [3.63, 3.8) is 0 Å². The maximum absolute atomic E-state index is 13.3. The summed E-state index contributed by atoms with van der Waals surface area (Å²) >= 11 is 0. The summed E-state index contributed by atoms with van der Waals surface area (Å²) in [5.74, 6) is -1.38. The van der Waals surface area contributed by atoms with Crippen molar-refractivity contribution in [2.24, 2.45) is 11.8 Å². The largest absolute Gasteiger partial charge is 0.462 e. The van der Waals surface area contributed by atoms with Crippen LogP contribution in [0.25, 0.3) is 0 Å². The molecule has 0 aliphatic carbocycles. The number of amides is 2. The second-order valence-corrected chi connectivity index (χ2v) is 7.91. The lowest BCUT2D eigenvalue weighted by Gasteiger charge is -2.23. The summed E-state index contributed by atoms with van der Waals surface area (Å²) in [6, 6.07) is 8.19. The van der Waals surface area contributed by atoms with Crippen LogP contribution in [-0.4, -0.2) is 47.8 Å². The van der Waals surface area contributed by atoms with Crippen molar-refractivity contribution in [1.82, 2.24) is 5.16 Å². The molecule has 9 heteroatoms. The van der Waals surface area contributed by atoms with E-state index in [1.807, 2.05) is 12.2 Å². The molecular weight excluding hydrogens is 402 g/mol. The summed E-state index contributed by atoms with van der Waals surface area (Å²) in [6.07, 6.45) is 3.22. The molecule has 4 heterocycles. The number of nitrogens with zero attached hydrogens (tertiary/aromatic N) is 2. The van der Waals surface area contributed by atoms with E-state index in [-0.39, 0.29) is 25.0 Å². The summed E-state index contributed by atoms with van der Waals surface area (Å²) in [7, 11) is 0. The standard InChI is InChI=1S/C22H21N3O6/c1-3-29-21(28)13-5-4-6-14(10-13)23-19(26)17-15-7-8-22(30-15)11-25(20(27)18(17)22)16-9-12(2)31-24-16/h4-10,15,17-18H,3,11H2,1-2H3,(H,23,26)/t15-,17-,18-,22-/m0/s1. The Morgan fingerprint density at radius 1 is 1.35 bits per heavy atom. The quantitative estimate of drug-likeness (QED) is 0.579. The molecule has 3 aliphatic heterocycles. The fourth-order valence-corrected chi connectivity index (χ4v) is 4.64. The van der Waals surface area contributed by atoms with Gasteiger partial charge in [0, 0.05) is 11.8 Å². The minimum atomic E-state index is -0.858. The fourth-order valence-electron chi connectivity index (χ4n) is 4.64. The number of rotatable bonds is 5. The van der Waals surface area contributed by atoms with E-state index in [0.29, 0.717) is 22.8 Å². The predicted octanol–water partition coefficient (Wildman–Crippen LogP) is 2.08. The molecule has 1 aromatic heterocycles. The van der Waals surface area contributed by atoms with E-state index in [1.54, 1.807) is 44.2 Å². The first-order chi connectivity index (χ1) is 14.9. The highest BCUT2D eigenvalue weighted by atomic mass is 16.5.